The third-order valence-corrected chi connectivity index (χ3v) is 6.25. The number of nitro benzene ring substituents is 1. The molecule has 0 aliphatic carbocycles. The molecule has 3 aromatic carbocycles. The van der Waals surface area contributed by atoms with E-state index in [1.165, 1.54) is 17.7 Å². The van der Waals surface area contributed by atoms with Crippen LogP contribution < -0.4 is 14.2 Å². The van der Waals surface area contributed by atoms with Crippen LogP contribution in [0, 0.1) is 10.1 Å². The summed E-state index contributed by atoms with van der Waals surface area (Å²) in [6.07, 6.45) is 7.16. The molecule has 0 aromatic heterocycles. The highest BCUT2D eigenvalue weighted by Crippen LogP contribution is 2.43. The van der Waals surface area contributed by atoms with Gasteiger partial charge in [-0.2, -0.15) is 0 Å². The lowest BCUT2D eigenvalue weighted by Gasteiger charge is -2.30. The molecular weight excluding hydrogens is 442 g/mol. The van der Waals surface area contributed by atoms with Gasteiger partial charge in [-0.1, -0.05) is 19.1 Å². The van der Waals surface area contributed by atoms with E-state index in [4.69, 9.17) is 14.2 Å². The molecule has 0 radical (unpaired) electrons. The van der Waals surface area contributed by atoms with Crippen LogP contribution in [-0.2, 0) is 13.0 Å². The van der Waals surface area contributed by atoms with Crippen molar-refractivity contribution in [1.29, 1.82) is 0 Å². The first-order valence-corrected chi connectivity index (χ1v) is 11.7. The highest BCUT2D eigenvalue weighted by molar-refractivity contribution is 5.89. The van der Waals surface area contributed by atoms with Crippen LogP contribution in [0.5, 0.6) is 17.2 Å². The first kappa shape index (κ1) is 22.7. The van der Waals surface area contributed by atoms with Gasteiger partial charge in [-0.25, -0.2) is 0 Å². The summed E-state index contributed by atoms with van der Waals surface area (Å²) < 4.78 is 18.6. The van der Waals surface area contributed by atoms with Crippen LogP contribution in [0.2, 0.25) is 0 Å². The van der Waals surface area contributed by atoms with Crippen LogP contribution in [0.3, 0.4) is 0 Å². The van der Waals surface area contributed by atoms with Crippen LogP contribution in [-0.4, -0.2) is 17.1 Å². The van der Waals surface area contributed by atoms with Gasteiger partial charge in [0, 0.05) is 28.8 Å². The van der Waals surface area contributed by atoms with Crippen LogP contribution in [0.25, 0.3) is 17.7 Å². The third-order valence-electron chi connectivity index (χ3n) is 6.25. The van der Waals surface area contributed by atoms with Crippen LogP contribution in [0.1, 0.15) is 48.6 Å². The summed E-state index contributed by atoms with van der Waals surface area (Å²) in [6.45, 7) is 6.90. The maximum atomic E-state index is 10.9. The van der Waals surface area contributed by atoms with E-state index in [0.717, 1.165) is 51.5 Å². The molecule has 5 rings (SSSR count). The summed E-state index contributed by atoms with van der Waals surface area (Å²) in [4.78, 5) is 10.5. The van der Waals surface area contributed by atoms with Crippen molar-refractivity contribution in [2.24, 2.45) is 0 Å². The SMILES string of the molecule is CCc1ccc(C2=Cc3ccc4c(c3OC2)C=CC(C)(C)O4)c(OCc2ccc([N+](=O)[O-])cc2)c1. The molecule has 2 heterocycles. The van der Waals surface area contributed by atoms with E-state index in [1.807, 2.05) is 32.1 Å². The highest BCUT2D eigenvalue weighted by atomic mass is 16.6. The Morgan fingerprint density at radius 3 is 2.57 bits per heavy atom. The number of non-ortho nitro benzene ring substituents is 1. The molecule has 2 aliphatic rings. The van der Waals surface area contributed by atoms with E-state index in [2.05, 4.69) is 37.3 Å². The maximum absolute atomic E-state index is 10.9. The number of aryl methyl sites for hydroxylation is 1. The molecule has 0 atom stereocenters. The van der Waals surface area contributed by atoms with Gasteiger partial charge in [-0.15, -0.1) is 0 Å². The van der Waals surface area contributed by atoms with E-state index in [0.29, 0.717) is 13.2 Å². The summed E-state index contributed by atoms with van der Waals surface area (Å²) in [5.41, 5.74) is 5.73. The van der Waals surface area contributed by atoms with Crippen molar-refractivity contribution in [1.82, 2.24) is 0 Å². The summed E-state index contributed by atoms with van der Waals surface area (Å²) in [6, 6.07) is 16.7. The van der Waals surface area contributed by atoms with Crippen molar-refractivity contribution in [3.63, 3.8) is 0 Å². The zero-order valence-corrected chi connectivity index (χ0v) is 20.0. The lowest BCUT2D eigenvalue weighted by Crippen LogP contribution is -2.27. The Morgan fingerprint density at radius 2 is 1.83 bits per heavy atom. The second-order valence-electron chi connectivity index (χ2n) is 9.29. The third kappa shape index (κ3) is 4.64. The first-order valence-electron chi connectivity index (χ1n) is 11.7. The Labute approximate surface area is 204 Å². The number of hydrogen-bond acceptors (Lipinski definition) is 5. The number of hydrogen-bond donors (Lipinski definition) is 0. The fourth-order valence-electron chi connectivity index (χ4n) is 4.30. The van der Waals surface area contributed by atoms with E-state index >= 15 is 0 Å². The molecule has 0 N–H and O–H groups in total. The van der Waals surface area contributed by atoms with Crippen LogP contribution >= 0.6 is 0 Å². The van der Waals surface area contributed by atoms with Gasteiger partial charge in [0.25, 0.3) is 5.69 Å². The molecular formula is C29H27NO5. The lowest BCUT2D eigenvalue weighted by molar-refractivity contribution is -0.384. The number of ether oxygens (including phenoxy) is 3. The molecule has 2 aliphatic heterocycles. The van der Waals surface area contributed by atoms with Crippen LogP contribution in [0.15, 0.2) is 60.7 Å². The fourth-order valence-corrected chi connectivity index (χ4v) is 4.30. The van der Waals surface area contributed by atoms with Crippen molar-refractivity contribution < 1.29 is 19.1 Å². The molecule has 6 heteroatoms. The average molecular weight is 470 g/mol. The molecule has 3 aromatic rings. The molecule has 35 heavy (non-hydrogen) atoms. The topological polar surface area (TPSA) is 70.8 Å². The Balaban J connectivity index is 1.44. The van der Waals surface area contributed by atoms with Gasteiger partial charge in [0.15, 0.2) is 0 Å². The Kier molecular flexibility index (Phi) is 5.81. The van der Waals surface area contributed by atoms with Gasteiger partial charge >= 0.3 is 0 Å². The predicted octanol–water partition coefficient (Wildman–Crippen LogP) is 6.85. The van der Waals surface area contributed by atoms with Crippen molar-refractivity contribution in [3.8, 4) is 17.2 Å². The lowest BCUT2D eigenvalue weighted by atomic mass is 9.95. The molecule has 0 saturated heterocycles. The Bertz CT molecular complexity index is 1350. The van der Waals surface area contributed by atoms with E-state index in [-0.39, 0.29) is 11.3 Å². The number of benzene rings is 3. The largest absolute Gasteiger partial charge is 0.488 e. The van der Waals surface area contributed by atoms with Gasteiger partial charge in [-0.05, 0) is 80.0 Å². The summed E-state index contributed by atoms with van der Waals surface area (Å²) in [5, 5.41) is 10.9. The van der Waals surface area contributed by atoms with E-state index in [1.54, 1.807) is 12.1 Å². The zero-order valence-electron chi connectivity index (χ0n) is 20.0. The predicted molar refractivity (Wildman–Crippen MR) is 137 cm³/mol. The van der Waals surface area contributed by atoms with Crippen molar-refractivity contribution in [3.05, 3.63) is 98.6 Å². The summed E-state index contributed by atoms with van der Waals surface area (Å²) in [7, 11) is 0. The van der Waals surface area contributed by atoms with Gasteiger partial charge in [-0.3, -0.25) is 10.1 Å². The second-order valence-corrected chi connectivity index (χ2v) is 9.29. The Morgan fingerprint density at radius 1 is 1.06 bits per heavy atom. The molecule has 0 fully saturated rings. The zero-order chi connectivity index (χ0) is 24.6. The second kappa shape index (κ2) is 8.95. The first-order chi connectivity index (χ1) is 16.8. The molecule has 178 valence electrons. The molecule has 0 spiro atoms. The van der Waals surface area contributed by atoms with Crippen molar-refractivity contribution in [2.75, 3.05) is 6.61 Å². The highest BCUT2D eigenvalue weighted by Gasteiger charge is 2.27. The van der Waals surface area contributed by atoms with Crippen molar-refractivity contribution in [2.45, 2.75) is 39.4 Å². The Hall–Kier alpha value is -4.06. The van der Waals surface area contributed by atoms with Gasteiger partial charge in [0.05, 0.1) is 10.5 Å². The van der Waals surface area contributed by atoms with E-state index in [9.17, 15) is 10.1 Å². The minimum absolute atomic E-state index is 0.0663. The smallest absolute Gasteiger partial charge is 0.269 e. The maximum Gasteiger partial charge on any atom is 0.269 e. The standard InChI is InChI=1S/C29H27NO5/c1-4-19-7-11-24(27(15-19)33-17-20-5-9-23(10-6-20)30(31)32)22-16-21-8-12-26-25(28(21)34-18-22)13-14-29(2,3)35-26/h5-16H,4,17-18H2,1-3H3. The quantitative estimate of drug-likeness (QED) is 0.292. The molecule has 0 unspecified atom stereocenters. The normalized spacial score (nSPS) is 15.2. The summed E-state index contributed by atoms with van der Waals surface area (Å²) >= 11 is 0. The molecule has 6 nitrogen and oxygen atoms in total. The number of nitro groups is 1. The van der Waals surface area contributed by atoms with Gasteiger partial charge in [0.2, 0.25) is 0 Å². The number of rotatable bonds is 6. The fraction of sp³-hybridized carbons (Fsp3) is 0.241. The minimum Gasteiger partial charge on any atom is -0.488 e. The number of fused-ring (bicyclic) bond motifs is 3. The van der Waals surface area contributed by atoms with Crippen LogP contribution in [0.4, 0.5) is 5.69 Å². The van der Waals surface area contributed by atoms with Gasteiger partial charge < -0.3 is 14.2 Å². The average Bonchev–Trinajstić information content (AvgIpc) is 2.86. The minimum atomic E-state index is -0.402. The van der Waals surface area contributed by atoms with Crippen molar-refractivity contribution >= 4 is 23.4 Å². The monoisotopic (exact) mass is 469 g/mol. The molecule has 0 saturated carbocycles. The summed E-state index contributed by atoms with van der Waals surface area (Å²) in [5.74, 6) is 2.42. The molecule has 0 bridgehead atoms. The number of nitrogens with zero attached hydrogens (tertiary/aromatic N) is 1. The van der Waals surface area contributed by atoms with E-state index < -0.39 is 4.92 Å². The molecule has 0 amide bonds. The van der Waals surface area contributed by atoms with Gasteiger partial charge in [0.1, 0.15) is 36.1 Å².